The van der Waals surface area contributed by atoms with Crippen LogP contribution in [0.2, 0.25) is 0 Å². The van der Waals surface area contributed by atoms with Gasteiger partial charge < -0.3 is 31.7 Å². The maximum Gasteiger partial charge on any atom is 0.0691 e. The molecule has 0 aromatic carbocycles. The maximum absolute atomic E-state index is 11.3. The van der Waals surface area contributed by atoms with Crippen molar-refractivity contribution in [3.63, 3.8) is 0 Å². The van der Waals surface area contributed by atoms with Gasteiger partial charge in [0.1, 0.15) is 0 Å². The predicted octanol–water partition coefficient (Wildman–Crippen LogP) is 5.81. The first kappa shape index (κ1) is 33.1. The van der Waals surface area contributed by atoms with E-state index < -0.39 is 6.10 Å². The highest BCUT2D eigenvalue weighted by Gasteiger charge is 2.71. The van der Waals surface area contributed by atoms with Crippen molar-refractivity contribution < 1.29 is 15.3 Å². The van der Waals surface area contributed by atoms with Crippen molar-refractivity contribution in [1.29, 1.82) is 0 Å². The van der Waals surface area contributed by atoms with E-state index in [1.807, 2.05) is 0 Å². The van der Waals surface area contributed by atoms with Gasteiger partial charge in [-0.05, 0) is 94.3 Å². The van der Waals surface area contributed by atoms with Crippen LogP contribution in [0, 0.1) is 29.1 Å². The van der Waals surface area contributed by atoms with Gasteiger partial charge in [-0.1, -0.05) is 77.0 Å². The number of nitrogens with two attached hydrogens (primary N) is 1. The number of aliphatic hydroxyl groups excluding tert-OH is 3. The van der Waals surface area contributed by atoms with Gasteiger partial charge in [-0.25, -0.2) is 0 Å². The molecule has 0 amide bonds. The van der Waals surface area contributed by atoms with Gasteiger partial charge in [0.2, 0.25) is 0 Å². The number of rotatable bonds is 12. The zero-order valence-electron chi connectivity index (χ0n) is 27.0. The molecule has 244 valence electrons. The minimum Gasteiger partial charge on any atom is -0.395 e. The number of nitrogens with one attached hydrogen (secondary N) is 2. The Hall–Kier alpha value is -0.240. The van der Waals surface area contributed by atoms with Crippen molar-refractivity contribution in [3.05, 3.63) is 0 Å². The largest absolute Gasteiger partial charge is 0.395 e. The SMILES string of the molecule is NC1CC(C(NCCO)(C2CCCCC2)C2CCCCC2)(C(NCCO)(C2CCCCC2)C2CCCCC2)CCC1O. The lowest BCUT2D eigenvalue weighted by atomic mass is 9.38. The Bertz CT molecular complexity index is 696. The van der Waals surface area contributed by atoms with Gasteiger partial charge in [0.15, 0.2) is 0 Å². The summed E-state index contributed by atoms with van der Waals surface area (Å²) >= 11 is 0. The molecule has 7 N–H and O–H groups in total. The first-order chi connectivity index (χ1) is 20.6. The Labute approximate surface area is 257 Å². The van der Waals surface area contributed by atoms with Gasteiger partial charge in [0.25, 0.3) is 0 Å². The van der Waals surface area contributed by atoms with Crippen molar-refractivity contribution in [2.45, 2.75) is 171 Å². The van der Waals surface area contributed by atoms with E-state index in [1.54, 1.807) is 0 Å². The number of β-amino-alcohol motifs (C(OH)–C–C–N with tert-alkyl or cyclic N) is 2. The molecule has 5 rings (SSSR count). The van der Waals surface area contributed by atoms with Crippen LogP contribution >= 0.6 is 0 Å². The molecular weight excluding hydrogens is 522 g/mol. The molecule has 6 heteroatoms. The standard InChI is InChI=1S/C36H67N3O3/c37-32-27-34(22-21-33(32)42,35(38-23-25-40,28-13-5-1-6-14-28)29-15-7-2-8-16-29)36(39-24-26-41,30-17-9-3-10-18-30)31-19-11-4-12-20-31/h28-33,38-42H,1-27,37H2. The molecule has 6 nitrogen and oxygen atoms in total. The zero-order chi connectivity index (χ0) is 29.5. The van der Waals surface area contributed by atoms with E-state index in [0.29, 0.717) is 36.8 Å². The van der Waals surface area contributed by atoms with Crippen LogP contribution in [0.15, 0.2) is 0 Å². The summed E-state index contributed by atoms with van der Waals surface area (Å²) in [5.41, 5.74) is 6.71. The maximum atomic E-state index is 11.3. The molecule has 5 fully saturated rings. The third-order valence-corrected chi connectivity index (χ3v) is 13.6. The molecule has 5 aliphatic rings. The second-order valence-corrected chi connectivity index (χ2v) is 15.4. The molecule has 0 aliphatic heterocycles. The van der Waals surface area contributed by atoms with Crippen molar-refractivity contribution >= 4 is 0 Å². The van der Waals surface area contributed by atoms with E-state index >= 15 is 0 Å². The van der Waals surface area contributed by atoms with Gasteiger partial charge in [0.05, 0.1) is 19.3 Å². The lowest BCUT2D eigenvalue weighted by Crippen LogP contribution is -2.82. The highest BCUT2D eigenvalue weighted by atomic mass is 16.3. The Morgan fingerprint density at radius 3 is 1.17 bits per heavy atom. The van der Waals surface area contributed by atoms with Crippen LogP contribution in [0.4, 0.5) is 0 Å². The van der Waals surface area contributed by atoms with Crippen molar-refractivity contribution in [2.24, 2.45) is 34.8 Å². The molecule has 0 bridgehead atoms. The Morgan fingerprint density at radius 2 is 0.881 bits per heavy atom. The van der Waals surface area contributed by atoms with Crippen LogP contribution in [-0.2, 0) is 0 Å². The topological polar surface area (TPSA) is 111 Å². The fraction of sp³-hybridized carbons (Fsp3) is 1.00. The van der Waals surface area contributed by atoms with Crippen LogP contribution in [0.1, 0.15) is 148 Å². The van der Waals surface area contributed by atoms with Crippen molar-refractivity contribution in [2.75, 3.05) is 26.3 Å². The van der Waals surface area contributed by atoms with E-state index in [4.69, 9.17) is 5.73 Å². The summed E-state index contributed by atoms with van der Waals surface area (Å²) in [6, 6.07) is -0.233. The Morgan fingerprint density at radius 1 is 0.548 bits per heavy atom. The third-order valence-electron chi connectivity index (χ3n) is 13.6. The summed E-state index contributed by atoms with van der Waals surface area (Å²) in [4.78, 5) is 0. The molecule has 5 saturated carbocycles. The van der Waals surface area contributed by atoms with Gasteiger partial charge in [-0.3, -0.25) is 0 Å². The molecule has 0 radical (unpaired) electrons. The molecule has 0 saturated heterocycles. The summed E-state index contributed by atoms with van der Waals surface area (Å²) in [7, 11) is 0. The number of aliphatic hydroxyl groups is 3. The summed E-state index contributed by atoms with van der Waals surface area (Å²) in [5.74, 6) is 2.24. The highest BCUT2D eigenvalue weighted by molar-refractivity contribution is 5.26. The van der Waals surface area contributed by atoms with Crippen molar-refractivity contribution in [1.82, 2.24) is 10.6 Å². The van der Waals surface area contributed by atoms with E-state index in [1.165, 1.54) is 128 Å². The second-order valence-electron chi connectivity index (χ2n) is 15.4. The third kappa shape index (κ3) is 6.12. The molecule has 0 aromatic heterocycles. The quantitative estimate of drug-likeness (QED) is 0.171. The predicted molar refractivity (Wildman–Crippen MR) is 172 cm³/mol. The molecule has 0 spiro atoms. The summed E-state index contributed by atoms with van der Waals surface area (Å²) < 4.78 is 0. The molecule has 0 aromatic rings. The van der Waals surface area contributed by atoms with Crippen LogP contribution in [0.5, 0.6) is 0 Å². The van der Waals surface area contributed by atoms with Gasteiger partial charge >= 0.3 is 0 Å². The summed E-state index contributed by atoms with van der Waals surface area (Å²) in [5, 5.41) is 40.9. The van der Waals surface area contributed by atoms with Crippen LogP contribution in [-0.4, -0.2) is 64.8 Å². The average Bonchev–Trinajstić information content (AvgIpc) is 3.05. The summed E-state index contributed by atoms with van der Waals surface area (Å²) in [6.45, 7) is 1.60. The highest BCUT2D eigenvalue weighted by Crippen LogP contribution is 2.66. The van der Waals surface area contributed by atoms with Gasteiger partial charge in [-0.2, -0.15) is 0 Å². The number of hydrogen-bond donors (Lipinski definition) is 6. The zero-order valence-corrected chi connectivity index (χ0v) is 27.0. The lowest BCUT2D eigenvalue weighted by Gasteiger charge is -2.72. The normalized spacial score (nSPS) is 30.0. The fourth-order valence-electron chi connectivity index (χ4n) is 12.2. The Balaban J connectivity index is 1.80. The molecule has 0 heterocycles. The van der Waals surface area contributed by atoms with Crippen LogP contribution < -0.4 is 16.4 Å². The second kappa shape index (κ2) is 15.4. The molecule has 5 aliphatic carbocycles. The summed E-state index contributed by atoms with van der Waals surface area (Å²) in [6.07, 6.45) is 28.0. The van der Waals surface area contributed by atoms with Gasteiger partial charge in [-0.15, -0.1) is 0 Å². The van der Waals surface area contributed by atoms with Crippen LogP contribution in [0.3, 0.4) is 0 Å². The minimum absolute atomic E-state index is 0.133. The average molecular weight is 590 g/mol. The lowest BCUT2D eigenvalue weighted by molar-refractivity contribution is -0.182. The van der Waals surface area contributed by atoms with Gasteiger partial charge in [0, 0.05) is 35.6 Å². The fourth-order valence-corrected chi connectivity index (χ4v) is 12.2. The molecule has 2 atom stereocenters. The smallest absolute Gasteiger partial charge is 0.0691 e. The van der Waals surface area contributed by atoms with Crippen molar-refractivity contribution in [3.8, 4) is 0 Å². The monoisotopic (exact) mass is 590 g/mol. The Kier molecular flexibility index (Phi) is 12.1. The van der Waals surface area contributed by atoms with E-state index in [0.717, 1.165) is 19.3 Å². The van der Waals surface area contributed by atoms with E-state index in [9.17, 15) is 15.3 Å². The molecule has 2 unspecified atom stereocenters. The first-order valence-corrected chi connectivity index (χ1v) is 18.7. The minimum atomic E-state index is -0.445. The molecular formula is C36H67N3O3. The molecule has 42 heavy (non-hydrogen) atoms. The number of hydrogen-bond acceptors (Lipinski definition) is 6. The van der Waals surface area contributed by atoms with E-state index in [2.05, 4.69) is 10.6 Å². The first-order valence-electron chi connectivity index (χ1n) is 18.7. The van der Waals surface area contributed by atoms with E-state index in [-0.39, 0.29) is 35.7 Å². The van der Waals surface area contributed by atoms with Crippen LogP contribution in [0.25, 0.3) is 0 Å².